The van der Waals surface area contributed by atoms with E-state index in [4.69, 9.17) is 23.2 Å². The van der Waals surface area contributed by atoms with Crippen LogP contribution in [-0.2, 0) is 13.1 Å². The number of hydrogen-bond acceptors (Lipinski definition) is 4. The number of benzene rings is 1. The molecule has 20 heavy (non-hydrogen) atoms. The Labute approximate surface area is 126 Å². The molecule has 0 unspecified atom stereocenters. The topological polar surface area (TPSA) is 67.2 Å². The van der Waals surface area contributed by atoms with Gasteiger partial charge in [-0.3, -0.25) is 9.36 Å². The first-order chi connectivity index (χ1) is 9.51. The predicted octanol–water partition coefficient (Wildman–Crippen LogP) is 2.54. The summed E-state index contributed by atoms with van der Waals surface area (Å²) < 4.78 is 1.57. The summed E-state index contributed by atoms with van der Waals surface area (Å²) in [6.45, 7) is 2.92. The van der Waals surface area contributed by atoms with Crippen molar-refractivity contribution < 1.29 is 5.11 Å². The van der Waals surface area contributed by atoms with Crippen LogP contribution in [0.4, 0.5) is 0 Å². The zero-order valence-electron chi connectivity index (χ0n) is 11.2. The number of aromatic hydroxyl groups is 1. The third-order valence-electron chi connectivity index (χ3n) is 2.97. The molecule has 0 saturated heterocycles. The van der Waals surface area contributed by atoms with Crippen LogP contribution in [0.15, 0.2) is 10.9 Å². The molecule has 2 aromatic rings. The fourth-order valence-corrected chi connectivity index (χ4v) is 2.63. The number of halogens is 2. The number of nitrogens with one attached hydrogen (secondary N) is 1. The lowest BCUT2D eigenvalue weighted by Gasteiger charge is -2.14. The lowest BCUT2D eigenvalue weighted by molar-refractivity contribution is 0.479. The van der Waals surface area contributed by atoms with Crippen molar-refractivity contribution in [3.8, 4) is 5.75 Å². The molecule has 0 atom stereocenters. The van der Waals surface area contributed by atoms with Crippen LogP contribution in [0, 0.1) is 0 Å². The number of fused-ring (bicyclic) bond motifs is 1. The number of hydrogen-bond donors (Lipinski definition) is 2. The minimum absolute atomic E-state index is 0.0815. The molecule has 108 valence electrons. The maximum absolute atomic E-state index is 12.6. The van der Waals surface area contributed by atoms with Crippen molar-refractivity contribution in [1.29, 1.82) is 0 Å². The highest BCUT2D eigenvalue weighted by Crippen LogP contribution is 2.34. The van der Waals surface area contributed by atoms with Gasteiger partial charge < -0.3 is 10.4 Å². The number of nitrogens with zero attached hydrogens (tertiary/aromatic N) is 2. The summed E-state index contributed by atoms with van der Waals surface area (Å²) in [5.41, 5.74) is -0.121. The Hall–Kier alpha value is -1.30. The lowest BCUT2D eigenvalue weighted by atomic mass is 10.2. The molecule has 0 bridgehead atoms. The van der Waals surface area contributed by atoms with Gasteiger partial charge in [0.1, 0.15) is 11.3 Å². The van der Waals surface area contributed by atoms with Crippen molar-refractivity contribution in [2.45, 2.75) is 26.4 Å². The number of rotatable bonds is 4. The van der Waals surface area contributed by atoms with Crippen LogP contribution in [0.2, 0.25) is 10.0 Å². The third kappa shape index (κ3) is 2.49. The van der Waals surface area contributed by atoms with E-state index in [1.54, 1.807) is 11.6 Å². The van der Waals surface area contributed by atoms with Gasteiger partial charge in [0.2, 0.25) is 0 Å². The predicted molar refractivity (Wildman–Crippen MR) is 80.7 cm³/mol. The summed E-state index contributed by atoms with van der Waals surface area (Å²) in [4.78, 5) is 16.9. The van der Waals surface area contributed by atoms with E-state index in [0.717, 1.165) is 6.42 Å². The molecule has 0 saturated carbocycles. The Balaban J connectivity index is 2.89. The second-order valence-corrected chi connectivity index (χ2v) is 5.24. The van der Waals surface area contributed by atoms with Crippen LogP contribution in [-0.4, -0.2) is 21.7 Å². The summed E-state index contributed by atoms with van der Waals surface area (Å²) >= 11 is 12.0. The summed E-state index contributed by atoms with van der Waals surface area (Å²) in [6, 6.07) is 1.36. The van der Waals surface area contributed by atoms with Crippen LogP contribution in [0.25, 0.3) is 10.9 Å². The molecule has 1 aromatic heterocycles. The third-order valence-corrected chi connectivity index (χ3v) is 3.56. The van der Waals surface area contributed by atoms with Gasteiger partial charge in [-0.25, -0.2) is 4.98 Å². The van der Waals surface area contributed by atoms with E-state index < -0.39 is 0 Å². The van der Waals surface area contributed by atoms with Crippen molar-refractivity contribution in [3.63, 3.8) is 0 Å². The van der Waals surface area contributed by atoms with Crippen molar-refractivity contribution in [3.05, 3.63) is 32.3 Å². The van der Waals surface area contributed by atoms with Gasteiger partial charge in [-0.15, -0.1) is 0 Å². The highest BCUT2D eigenvalue weighted by Gasteiger charge is 2.17. The molecular formula is C13H15Cl2N3O2. The minimum Gasteiger partial charge on any atom is -0.504 e. The summed E-state index contributed by atoms with van der Waals surface area (Å²) in [7, 11) is 1.76. The molecular weight excluding hydrogens is 301 g/mol. The number of aromatic nitrogens is 2. The van der Waals surface area contributed by atoms with Crippen LogP contribution in [0.5, 0.6) is 5.75 Å². The average molecular weight is 316 g/mol. The number of phenolic OH excluding ortho intramolecular Hbond substituents is 1. The van der Waals surface area contributed by atoms with E-state index >= 15 is 0 Å². The second-order valence-electron chi connectivity index (χ2n) is 4.43. The standard InChI is InChI=1S/C13H15Cl2N3O2/c1-3-4-18-9(6-16-2)17-11-10(13(18)20)7(14)5-8(15)12(11)19/h5,16,19H,3-4,6H2,1-2H3. The zero-order chi connectivity index (χ0) is 14.9. The molecule has 0 spiro atoms. The van der Waals surface area contributed by atoms with Gasteiger partial charge in [-0.05, 0) is 19.5 Å². The second kappa shape index (κ2) is 5.99. The largest absolute Gasteiger partial charge is 0.504 e. The smallest absolute Gasteiger partial charge is 0.263 e. The molecule has 0 aliphatic heterocycles. The van der Waals surface area contributed by atoms with Gasteiger partial charge in [-0.1, -0.05) is 30.1 Å². The Morgan fingerprint density at radius 1 is 1.40 bits per heavy atom. The molecule has 5 nitrogen and oxygen atoms in total. The molecule has 0 amide bonds. The molecule has 2 rings (SSSR count). The maximum Gasteiger partial charge on any atom is 0.263 e. The highest BCUT2D eigenvalue weighted by molar-refractivity contribution is 6.39. The molecule has 0 fully saturated rings. The molecule has 2 N–H and O–H groups in total. The van der Waals surface area contributed by atoms with E-state index in [2.05, 4.69) is 10.3 Å². The van der Waals surface area contributed by atoms with Gasteiger partial charge in [0.25, 0.3) is 5.56 Å². The van der Waals surface area contributed by atoms with Crippen molar-refractivity contribution >= 4 is 34.1 Å². The van der Waals surface area contributed by atoms with Gasteiger partial charge >= 0.3 is 0 Å². The minimum atomic E-state index is -0.265. The summed E-state index contributed by atoms with van der Waals surface area (Å²) in [6.07, 6.45) is 0.793. The van der Waals surface area contributed by atoms with Crippen LogP contribution < -0.4 is 10.9 Å². The first-order valence-corrected chi connectivity index (χ1v) is 7.01. The van der Waals surface area contributed by atoms with E-state index in [-0.39, 0.29) is 32.3 Å². The lowest BCUT2D eigenvalue weighted by Crippen LogP contribution is -2.28. The van der Waals surface area contributed by atoms with Gasteiger partial charge in [0.05, 0.1) is 22.0 Å². The van der Waals surface area contributed by atoms with Gasteiger partial charge in [-0.2, -0.15) is 0 Å². The van der Waals surface area contributed by atoms with Crippen molar-refractivity contribution in [1.82, 2.24) is 14.9 Å². The van der Waals surface area contributed by atoms with E-state index in [1.807, 2.05) is 6.92 Å². The molecule has 0 aliphatic carbocycles. The average Bonchev–Trinajstić information content (AvgIpc) is 2.40. The Morgan fingerprint density at radius 2 is 2.10 bits per heavy atom. The molecule has 1 heterocycles. The molecule has 7 heteroatoms. The molecule has 1 aromatic carbocycles. The fourth-order valence-electron chi connectivity index (χ4n) is 2.10. The van der Waals surface area contributed by atoms with Crippen molar-refractivity contribution in [2.24, 2.45) is 0 Å². The summed E-state index contributed by atoms with van der Waals surface area (Å²) in [5.74, 6) is 0.324. The van der Waals surface area contributed by atoms with Crippen molar-refractivity contribution in [2.75, 3.05) is 7.05 Å². The van der Waals surface area contributed by atoms with E-state index in [0.29, 0.717) is 18.9 Å². The Kier molecular flexibility index (Phi) is 4.52. The SMILES string of the molecule is CCCn1c(CNC)nc2c(O)c(Cl)cc(Cl)c2c1=O. The normalized spacial score (nSPS) is 11.2. The Bertz CT molecular complexity index is 713. The molecule has 0 aliphatic rings. The summed E-state index contributed by atoms with van der Waals surface area (Å²) in [5, 5.41) is 13.4. The van der Waals surface area contributed by atoms with Crippen LogP contribution in [0.1, 0.15) is 19.2 Å². The van der Waals surface area contributed by atoms with Gasteiger partial charge in [0.15, 0.2) is 5.75 Å². The Morgan fingerprint density at radius 3 is 2.70 bits per heavy atom. The first kappa shape index (κ1) is 15.1. The zero-order valence-corrected chi connectivity index (χ0v) is 12.7. The monoisotopic (exact) mass is 315 g/mol. The quantitative estimate of drug-likeness (QED) is 0.910. The first-order valence-electron chi connectivity index (χ1n) is 6.26. The molecule has 0 radical (unpaired) electrons. The highest BCUT2D eigenvalue weighted by atomic mass is 35.5. The van der Waals surface area contributed by atoms with Crippen LogP contribution >= 0.6 is 23.2 Å². The van der Waals surface area contributed by atoms with Gasteiger partial charge in [0, 0.05) is 6.54 Å². The fraction of sp³-hybridized carbons (Fsp3) is 0.385. The maximum atomic E-state index is 12.6. The van der Waals surface area contributed by atoms with Crippen LogP contribution in [0.3, 0.4) is 0 Å². The van der Waals surface area contributed by atoms with E-state index in [9.17, 15) is 9.90 Å². The number of phenols is 1. The van der Waals surface area contributed by atoms with E-state index in [1.165, 1.54) is 6.07 Å².